The first-order valence-corrected chi connectivity index (χ1v) is 13.8. The van der Waals surface area contributed by atoms with Crippen LogP contribution >= 0.6 is 11.6 Å². The van der Waals surface area contributed by atoms with Crippen molar-refractivity contribution in [2.24, 2.45) is 5.73 Å². The van der Waals surface area contributed by atoms with Crippen LogP contribution in [-0.2, 0) is 4.74 Å². The van der Waals surface area contributed by atoms with Crippen LogP contribution in [-0.4, -0.2) is 84.5 Å². The van der Waals surface area contributed by atoms with E-state index in [1.54, 1.807) is 18.2 Å². The van der Waals surface area contributed by atoms with Gasteiger partial charge in [0, 0.05) is 56.4 Å². The topological polar surface area (TPSA) is 101 Å². The Balaban J connectivity index is 1.45. The van der Waals surface area contributed by atoms with Crippen molar-refractivity contribution in [3.63, 3.8) is 0 Å². The Morgan fingerprint density at radius 3 is 2.79 bits per heavy atom. The standard InChI is InChI=1S/C27H34ClN7O3/c1-32-10-11-37-12-13-38-23-6-5-18(28)14-20(23)27(36)34-8-3-2-4-22(34)21-15-25-30-24(16-26(32)35(25)31-21)33-9-7-19(29)17-33/h5-6,14-16,19,22H,2-4,7-13,17,29H2,1H3. The molecule has 1 aromatic carbocycles. The molecule has 38 heavy (non-hydrogen) atoms. The third-order valence-corrected chi connectivity index (χ3v) is 7.92. The maximum atomic E-state index is 13.9. The molecule has 0 spiro atoms. The van der Waals surface area contributed by atoms with E-state index in [9.17, 15) is 4.79 Å². The van der Waals surface area contributed by atoms with Crippen LogP contribution in [0.25, 0.3) is 5.65 Å². The van der Waals surface area contributed by atoms with Crippen LogP contribution in [0.15, 0.2) is 30.3 Å². The van der Waals surface area contributed by atoms with Gasteiger partial charge in [-0.05, 0) is 43.9 Å². The molecule has 3 aliphatic rings. The predicted octanol–water partition coefficient (Wildman–Crippen LogP) is 3.13. The van der Waals surface area contributed by atoms with Crippen LogP contribution in [0.2, 0.25) is 5.02 Å². The number of ether oxygens (including phenoxy) is 2. The number of fused-ring (bicyclic) bond motifs is 4. The maximum absolute atomic E-state index is 13.9. The van der Waals surface area contributed by atoms with E-state index in [4.69, 9.17) is 36.9 Å². The lowest BCUT2D eigenvalue weighted by Crippen LogP contribution is -2.39. The third-order valence-electron chi connectivity index (χ3n) is 7.69. The van der Waals surface area contributed by atoms with Gasteiger partial charge in [0.2, 0.25) is 0 Å². The van der Waals surface area contributed by atoms with Crippen LogP contribution in [0, 0.1) is 0 Å². The molecule has 2 unspecified atom stereocenters. The molecular weight excluding hydrogens is 506 g/mol. The number of hydrogen-bond acceptors (Lipinski definition) is 8. The molecule has 2 aromatic heterocycles. The zero-order valence-corrected chi connectivity index (χ0v) is 22.4. The average Bonchev–Trinajstić information content (AvgIpc) is 3.56. The summed E-state index contributed by atoms with van der Waals surface area (Å²) in [6.07, 6.45) is 3.74. The number of nitrogens with two attached hydrogens (primary N) is 1. The number of piperidine rings is 1. The normalized spacial score (nSPS) is 23.0. The number of hydrogen-bond donors (Lipinski definition) is 1. The fourth-order valence-electron chi connectivity index (χ4n) is 5.62. The van der Waals surface area contributed by atoms with Crippen molar-refractivity contribution in [3.8, 4) is 5.75 Å². The van der Waals surface area contributed by atoms with Gasteiger partial charge >= 0.3 is 0 Å². The minimum atomic E-state index is -0.164. The van der Waals surface area contributed by atoms with Crippen molar-refractivity contribution in [2.45, 2.75) is 37.8 Å². The summed E-state index contributed by atoms with van der Waals surface area (Å²) in [6, 6.07) is 9.29. The molecule has 2 saturated heterocycles. The van der Waals surface area contributed by atoms with E-state index in [0.717, 1.165) is 61.7 Å². The van der Waals surface area contributed by atoms with Gasteiger partial charge in [0.25, 0.3) is 5.91 Å². The smallest absolute Gasteiger partial charge is 0.258 e. The van der Waals surface area contributed by atoms with Crippen LogP contribution in [0.4, 0.5) is 11.6 Å². The predicted molar refractivity (Wildman–Crippen MR) is 146 cm³/mol. The van der Waals surface area contributed by atoms with E-state index in [1.807, 2.05) is 22.5 Å². The largest absolute Gasteiger partial charge is 0.490 e. The van der Waals surface area contributed by atoms with E-state index in [1.165, 1.54) is 0 Å². The van der Waals surface area contributed by atoms with E-state index in [-0.39, 0.29) is 18.0 Å². The molecule has 0 saturated carbocycles. The third kappa shape index (κ3) is 4.88. The number of halogens is 1. The van der Waals surface area contributed by atoms with Gasteiger partial charge in [0.1, 0.15) is 24.0 Å². The van der Waals surface area contributed by atoms with Gasteiger partial charge in [0.15, 0.2) is 5.65 Å². The van der Waals surface area contributed by atoms with E-state index in [0.29, 0.717) is 49.2 Å². The van der Waals surface area contributed by atoms with Crippen LogP contribution < -0.4 is 20.3 Å². The molecule has 2 N–H and O–H groups in total. The first kappa shape index (κ1) is 25.2. The lowest BCUT2D eigenvalue weighted by molar-refractivity contribution is 0.0596. The highest BCUT2D eigenvalue weighted by molar-refractivity contribution is 6.31. The molecule has 11 heteroatoms. The minimum Gasteiger partial charge on any atom is -0.490 e. The SMILES string of the molecule is CN1CCOCCOc2ccc(Cl)cc2C(=O)N2CCCCC2c2cc3nc(N4CCC(N)C4)cc1n3n2. The molecule has 202 valence electrons. The van der Waals surface area contributed by atoms with Gasteiger partial charge in [0.05, 0.1) is 30.5 Å². The molecule has 5 heterocycles. The molecule has 1 amide bonds. The maximum Gasteiger partial charge on any atom is 0.258 e. The molecule has 2 bridgehead atoms. The number of rotatable bonds is 1. The van der Waals surface area contributed by atoms with Crippen molar-refractivity contribution < 1.29 is 14.3 Å². The lowest BCUT2D eigenvalue weighted by Gasteiger charge is -2.35. The Hall–Kier alpha value is -3.08. The molecule has 2 atom stereocenters. The molecule has 0 radical (unpaired) electrons. The molecule has 3 aliphatic heterocycles. The van der Waals surface area contributed by atoms with Gasteiger partial charge in [-0.2, -0.15) is 9.61 Å². The Bertz CT molecular complexity index is 1330. The second kappa shape index (κ2) is 10.6. The number of amides is 1. The van der Waals surface area contributed by atoms with Gasteiger partial charge in [-0.1, -0.05) is 11.6 Å². The second-order valence-corrected chi connectivity index (χ2v) is 10.8. The quantitative estimate of drug-likeness (QED) is 0.503. The minimum absolute atomic E-state index is 0.102. The number of aromatic nitrogens is 3. The van der Waals surface area contributed by atoms with E-state index < -0.39 is 0 Å². The van der Waals surface area contributed by atoms with Crippen molar-refractivity contribution in [2.75, 3.05) is 62.8 Å². The summed E-state index contributed by atoms with van der Waals surface area (Å²) in [7, 11) is 2.04. The van der Waals surface area contributed by atoms with Crippen molar-refractivity contribution >= 4 is 34.8 Å². The highest BCUT2D eigenvalue weighted by Crippen LogP contribution is 2.35. The molecule has 3 aromatic rings. The number of nitrogens with zero attached hydrogens (tertiary/aromatic N) is 6. The van der Waals surface area contributed by atoms with E-state index >= 15 is 0 Å². The van der Waals surface area contributed by atoms with Crippen molar-refractivity contribution in [1.82, 2.24) is 19.5 Å². The van der Waals surface area contributed by atoms with Gasteiger partial charge in [-0.25, -0.2) is 4.98 Å². The average molecular weight is 540 g/mol. The molecule has 10 nitrogen and oxygen atoms in total. The Morgan fingerprint density at radius 1 is 1.05 bits per heavy atom. The molecule has 6 rings (SSSR count). The highest BCUT2D eigenvalue weighted by Gasteiger charge is 2.33. The summed E-state index contributed by atoms with van der Waals surface area (Å²) < 4.78 is 13.8. The van der Waals surface area contributed by atoms with E-state index in [2.05, 4.69) is 15.9 Å². The summed E-state index contributed by atoms with van der Waals surface area (Å²) in [5.41, 5.74) is 8.26. The van der Waals surface area contributed by atoms with Crippen molar-refractivity contribution in [1.29, 1.82) is 0 Å². The number of carbonyl (C=O) groups excluding carboxylic acids is 1. The summed E-state index contributed by atoms with van der Waals surface area (Å²) in [4.78, 5) is 25.2. The van der Waals surface area contributed by atoms with Crippen LogP contribution in [0.5, 0.6) is 5.75 Å². The summed E-state index contributed by atoms with van der Waals surface area (Å²) in [5.74, 6) is 2.24. The fraction of sp³-hybridized carbons (Fsp3) is 0.519. The van der Waals surface area contributed by atoms with Gasteiger partial charge in [-0.15, -0.1) is 0 Å². The summed E-state index contributed by atoms with van der Waals surface area (Å²) >= 11 is 6.32. The van der Waals surface area contributed by atoms with Crippen molar-refractivity contribution in [3.05, 3.63) is 46.6 Å². The first-order chi connectivity index (χ1) is 18.5. The fourth-order valence-corrected chi connectivity index (χ4v) is 5.79. The zero-order valence-electron chi connectivity index (χ0n) is 21.7. The highest BCUT2D eigenvalue weighted by atomic mass is 35.5. The zero-order chi connectivity index (χ0) is 26.2. The second-order valence-electron chi connectivity index (χ2n) is 10.3. The summed E-state index contributed by atoms with van der Waals surface area (Å²) in [5, 5.41) is 5.52. The van der Waals surface area contributed by atoms with Gasteiger partial charge in [-0.3, -0.25) is 4.79 Å². The Morgan fingerprint density at radius 2 is 1.95 bits per heavy atom. The Kier molecular flexibility index (Phi) is 7.03. The van der Waals surface area contributed by atoms with Crippen LogP contribution in [0.3, 0.4) is 0 Å². The van der Waals surface area contributed by atoms with Gasteiger partial charge < -0.3 is 29.9 Å². The number of carbonyl (C=O) groups is 1. The molecular formula is C27H34ClN7O3. The number of benzene rings is 1. The molecule has 2 fully saturated rings. The summed E-state index contributed by atoms with van der Waals surface area (Å²) in [6.45, 7) is 4.24. The number of anilines is 2. The number of likely N-dealkylation sites (N-methyl/N-ethyl adjacent to an activating group) is 1. The first-order valence-electron chi connectivity index (χ1n) is 13.4. The van der Waals surface area contributed by atoms with Crippen LogP contribution in [0.1, 0.15) is 47.8 Å². The molecule has 0 aliphatic carbocycles. The Labute approximate surface area is 227 Å². The monoisotopic (exact) mass is 539 g/mol. The lowest BCUT2D eigenvalue weighted by atomic mass is 9.98.